The Bertz CT molecular complexity index is 398. The van der Waals surface area contributed by atoms with Gasteiger partial charge in [-0.1, -0.05) is 28.1 Å². The van der Waals surface area contributed by atoms with Crippen LogP contribution in [-0.2, 0) is 0 Å². The maximum absolute atomic E-state index is 9.14. The molecule has 0 aliphatic carbocycles. The van der Waals surface area contributed by atoms with Crippen LogP contribution in [0.25, 0.3) is 0 Å². The van der Waals surface area contributed by atoms with Crippen LogP contribution < -0.4 is 10.6 Å². The minimum atomic E-state index is 0.0225. The molecule has 0 amide bonds. The number of thiocarbonyl (C=S) groups is 1. The fraction of sp³-hybridized carbons (Fsp3) is 0.364. The highest BCUT2D eigenvalue weighted by Gasteiger charge is 2.14. The molecule has 1 atom stereocenters. The summed E-state index contributed by atoms with van der Waals surface area (Å²) in [5.41, 5.74) is 7.42. The van der Waals surface area contributed by atoms with Gasteiger partial charge >= 0.3 is 0 Å². The second-order valence-corrected chi connectivity index (χ2v) is 5.02. The number of aliphatic hydroxyl groups is 1. The Morgan fingerprint density at radius 3 is 2.75 bits per heavy atom. The number of nitrogens with two attached hydrogens (primary N) is 1. The number of hydrogen-bond donors (Lipinski definition) is 2. The van der Waals surface area contributed by atoms with Gasteiger partial charge in [-0.05, 0) is 25.1 Å². The van der Waals surface area contributed by atoms with Crippen molar-refractivity contribution < 1.29 is 5.11 Å². The second kappa shape index (κ2) is 5.61. The highest BCUT2D eigenvalue weighted by atomic mass is 79.9. The average molecular weight is 303 g/mol. The fourth-order valence-corrected chi connectivity index (χ4v) is 1.90. The Balaban J connectivity index is 3.17. The highest BCUT2D eigenvalue weighted by molar-refractivity contribution is 9.10. The predicted octanol–water partition coefficient (Wildman–Crippen LogP) is 1.90. The van der Waals surface area contributed by atoms with Crippen molar-refractivity contribution in [1.82, 2.24) is 0 Å². The molecule has 1 aromatic carbocycles. The van der Waals surface area contributed by atoms with Gasteiger partial charge in [0.2, 0.25) is 0 Å². The molecule has 3 nitrogen and oxygen atoms in total. The van der Waals surface area contributed by atoms with E-state index in [-0.39, 0.29) is 12.6 Å². The Morgan fingerprint density at radius 1 is 1.62 bits per heavy atom. The molecule has 0 radical (unpaired) electrons. The first kappa shape index (κ1) is 13.4. The van der Waals surface area contributed by atoms with Crippen molar-refractivity contribution in [3.05, 3.63) is 28.2 Å². The molecule has 0 bridgehead atoms. The number of anilines is 1. The molecule has 0 aliphatic rings. The van der Waals surface area contributed by atoms with E-state index < -0.39 is 0 Å². The van der Waals surface area contributed by atoms with Crippen molar-refractivity contribution in [2.24, 2.45) is 5.73 Å². The smallest absolute Gasteiger partial charge is 0.106 e. The normalized spacial score (nSPS) is 12.2. The van der Waals surface area contributed by atoms with Crippen molar-refractivity contribution in [1.29, 1.82) is 0 Å². The molecule has 0 heterocycles. The van der Waals surface area contributed by atoms with Crippen molar-refractivity contribution in [2.75, 3.05) is 18.6 Å². The van der Waals surface area contributed by atoms with E-state index in [4.69, 9.17) is 23.1 Å². The van der Waals surface area contributed by atoms with Crippen LogP contribution in [0.4, 0.5) is 5.69 Å². The summed E-state index contributed by atoms with van der Waals surface area (Å²) in [6, 6.07) is 5.77. The predicted molar refractivity (Wildman–Crippen MR) is 75.0 cm³/mol. The van der Waals surface area contributed by atoms with Gasteiger partial charge in [0.05, 0.1) is 6.61 Å². The molecular formula is C11H15BrN2OS. The van der Waals surface area contributed by atoms with Crippen LogP contribution in [0.3, 0.4) is 0 Å². The summed E-state index contributed by atoms with van der Waals surface area (Å²) in [5, 5.41) is 9.14. The number of rotatable bonds is 4. The molecular weight excluding hydrogens is 288 g/mol. The van der Waals surface area contributed by atoms with Crippen LogP contribution in [0.2, 0.25) is 0 Å². The Morgan fingerprint density at radius 2 is 2.25 bits per heavy atom. The molecule has 0 aliphatic heterocycles. The number of benzene rings is 1. The molecule has 1 aromatic rings. The van der Waals surface area contributed by atoms with Crippen LogP contribution in [0.5, 0.6) is 0 Å². The van der Waals surface area contributed by atoms with Gasteiger partial charge < -0.3 is 15.7 Å². The van der Waals surface area contributed by atoms with Crippen LogP contribution in [0, 0.1) is 0 Å². The zero-order valence-corrected chi connectivity index (χ0v) is 11.7. The van der Waals surface area contributed by atoms with Gasteiger partial charge in [0, 0.05) is 28.8 Å². The third kappa shape index (κ3) is 2.93. The average Bonchev–Trinajstić information content (AvgIpc) is 2.26. The minimum Gasteiger partial charge on any atom is -0.394 e. The Labute approximate surface area is 109 Å². The summed E-state index contributed by atoms with van der Waals surface area (Å²) in [6.45, 7) is 2.02. The molecule has 0 saturated carbocycles. The summed E-state index contributed by atoms with van der Waals surface area (Å²) in [4.78, 5) is 2.31. The van der Waals surface area contributed by atoms with Gasteiger partial charge in [-0.3, -0.25) is 0 Å². The molecule has 0 aromatic heterocycles. The number of likely N-dealkylation sites (N-methyl/N-ethyl adjacent to an activating group) is 1. The van der Waals surface area contributed by atoms with E-state index in [0.29, 0.717) is 4.99 Å². The first-order chi connectivity index (χ1) is 7.47. The monoisotopic (exact) mass is 302 g/mol. The van der Waals surface area contributed by atoms with Gasteiger partial charge in [-0.2, -0.15) is 0 Å². The third-order valence-electron chi connectivity index (χ3n) is 2.53. The molecule has 0 fully saturated rings. The van der Waals surface area contributed by atoms with E-state index in [2.05, 4.69) is 15.9 Å². The lowest BCUT2D eigenvalue weighted by atomic mass is 10.1. The minimum absolute atomic E-state index is 0.0225. The van der Waals surface area contributed by atoms with Crippen LogP contribution in [-0.4, -0.2) is 29.8 Å². The summed E-state index contributed by atoms with van der Waals surface area (Å²) >= 11 is 8.40. The summed E-state index contributed by atoms with van der Waals surface area (Å²) in [5.74, 6) is 0. The Hall–Kier alpha value is -0.650. The molecule has 5 heteroatoms. The van der Waals surface area contributed by atoms with Gasteiger partial charge in [-0.15, -0.1) is 0 Å². The number of nitrogens with zero attached hydrogens (tertiary/aromatic N) is 1. The lowest BCUT2D eigenvalue weighted by molar-refractivity contribution is 0.270. The second-order valence-electron chi connectivity index (χ2n) is 3.67. The maximum atomic E-state index is 9.14. The largest absolute Gasteiger partial charge is 0.394 e. The van der Waals surface area contributed by atoms with Gasteiger partial charge in [-0.25, -0.2) is 0 Å². The topological polar surface area (TPSA) is 49.5 Å². The maximum Gasteiger partial charge on any atom is 0.106 e. The number of halogens is 1. The summed E-state index contributed by atoms with van der Waals surface area (Å²) in [7, 11) is 1.91. The number of hydrogen-bond acceptors (Lipinski definition) is 3. The third-order valence-corrected chi connectivity index (χ3v) is 3.24. The standard InChI is InChI=1S/C11H15BrN2OS/c1-7(6-15)14(2)10-4-3-8(12)5-9(10)11(13)16/h3-5,7,15H,6H2,1-2H3,(H2,13,16). The van der Waals surface area contributed by atoms with Crippen molar-refractivity contribution in [3.63, 3.8) is 0 Å². The van der Waals surface area contributed by atoms with E-state index in [0.717, 1.165) is 15.7 Å². The molecule has 3 N–H and O–H groups in total. The molecule has 0 spiro atoms. The van der Waals surface area contributed by atoms with Crippen molar-refractivity contribution >= 4 is 38.8 Å². The van der Waals surface area contributed by atoms with E-state index >= 15 is 0 Å². The van der Waals surface area contributed by atoms with Gasteiger partial charge in [0.1, 0.15) is 4.99 Å². The van der Waals surface area contributed by atoms with Gasteiger partial charge in [0.15, 0.2) is 0 Å². The zero-order chi connectivity index (χ0) is 12.3. The van der Waals surface area contributed by atoms with E-state index in [9.17, 15) is 0 Å². The highest BCUT2D eigenvalue weighted by Crippen LogP contribution is 2.25. The first-order valence-corrected chi connectivity index (χ1v) is 6.10. The lowest BCUT2D eigenvalue weighted by Gasteiger charge is -2.27. The van der Waals surface area contributed by atoms with Crippen LogP contribution >= 0.6 is 28.1 Å². The molecule has 88 valence electrons. The zero-order valence-electron chi connectivity index (χ0n) is 9.27. The summed E-state index contributed by atoms with van der Waals surface area (Å²) < 4.78 is 0.934. The number of aliphatic hydroxyl groups excluding tert-OH is 1. The first-order valence-electron chi connectivity index (χ1n) is 4.90. The van der Waals surface area contributed by atoms with Crippen molar-refractivity contribution in [3.8, 4) is 0 Å². The Kier molecular flexibility index (Phi) is 4.70. The lowest BCUT2D eigenvalue weighted by Crippen LogP contribution is -2.33. The van der Waals surface area contributed by atoms with Crippen molar-refractivity contribution in [2.45, 2.75) is 13.0 Å². The van der Waals surface area contributed by atoms with Crippen LogP contribution in [0.15, 0.2) is 22.7 Å². The van der Waals surface area contributed by atoms with E-state index in [1.54, 1.807) is 0 Å². The van der Waals surface area contributed by atoms with Crippen LogP contribution in [0.1, 0.15) is 12.5 Å². The van der Waals surface area contributed by atoms with E-state index in [1.807, 2.05) is 37.1 Å². The quantitative estimate of drug-likeness (QED) is 0.834. The van der Waals surface area contributed by atoms with Gasteiger partial charge in [0.25, 0.3) is 0 Å². The van der Waals surface area contributed by atoms with E-state index in [1.165, 1.54) is 0 Å². The molecule has 1 unspecified atom stereocenters. The molecule has 16 heavy (non-hydrogen) atoms. The molecule has 0 saturated heterocycles. The summed E-state index contributed by atoms with van der Waals surface area (Å²) in [6.07, 6.45) is 0. The SMILES string of the molecule is CC(CO)N(C)c1ccc(Br)cc1C(N)=S. The fourth-order valence-electron chi connectivity index (χ4n) is 1.37. The molecule has 1 rings (SSSR count).